The number of halogens is 2. The van der Waals surface area contributed by atoms with E-state index in [4.69, 9.17) is 23.2 Å². The first-order valence-corrected chi connectivity index (χ1v) is 7.07. The molecule has 1 amide bonds. The summed E-state index contributed by atoms with van der Waals surface area (Å²) < 4.78 is 0. The van der Waals surface area contributed by atoms with Crippen LogP contribution >= 0.6 is 23.2 Å². The number of carbonyl (C=O) groups excluding carboxylic acids is 1. The molecule has 108 valence electrons. The van der Waals surface area contributed by atoms with Crippen molar-refractivity contribution in [1.29, 1.82) is 0 Å². The Balaban J connectivity index is 2.48. The van der Waals surface area contributed by atoms with Crippen LogP contribution in [0.5, 0.6) is 0 Å². The summed E-state index contributed by atoms with van der Waals surface area (Å²) in [4.78, 5) is 25.1. The number of carbonyl (C=O) groups is 2. The summed E-state index contributed by atoms with van der Waals surface area (Å²) in [6.07, 6.45) is 0.0123. The van der Waals surface area contributed by atoms with E-state index in [1.165, 1.54) is 0 Å². The Hall–Kier alpha value is -1.26. The van der Waals surface area contributed by atoms with E-state index in [1.807, 2.05) is 13.8 Å². The highest BCUT2D eigenvalue weighted by Gasteiger charge is 2.45. The summed E-state index contributed by atoms with van der Waals surface area (Å²) in [5, 5.41) is 10.1. The average molecular weight is 316 g/mol. The van der Waals surface area contributed by atoms with Crippen molar-refractivity contribution in [1.82, 2.24) is 4.90 Å². The van der Waals surface area contributed by atoms with Crippen LogP contribution in [0, 0.1) is 5.92 Å². The third-order valence-corrected chi connectivity index (χ3v) is 4.26. The van der Waals surface area contributed by atoms with Crippen molar-refractivity contribution in [2.75, 3.05) is 0 Å². The Labute approximate surface area is 127 Å². The van der Waals surface area contributed by atoms with Gasteiger partial charge in [-0.25, -0.2) is 0 Å². The molecule has 0 spiro atoms. The molecule has 1 saturated heterocycles. The zero-order valence-corrected chi connectivity index (χ0v) is 12.6. The minimum Gasteiger partial charge on any atom is -0.481 e. The van der Waals surface area contributed by atoms with Crippen LogP contribution in [0.25, 0.3) is 0 Å². The molecule has 1 N–H and O–H groups in total. The van der Waals surface area contributed by atoms with Gasteiger partial charge >= 0.3 is 5.97 Å². The molecule has 2 unspecified atom stereocenters. The molecular formula is C14H15Cl2NO3. The predicted octanol–water partition coefficient (Wildman–Crippen LogP) is 3.38. The summed E-state index contributed by atoms with van der Waals surface area (Å²) in [6.45, 7) is 3.74. The molecular weight excluding hydrogens is 301 g/mol. The van der Waals surface area contributed by atoms with Crippen molar-refractivity contribution < 1.29 is 14.7 Å². The quantitative estimate of drug-likeness (QED) is 0.930. The first-order valence-electron chi connectivity index (χ1n) is 6.32. The molecule has 0 bridgehead atoms. The van der Waals surface area contributed by atoms with Gasteiger partial charge in [-0.15, -0.1) is 0 Å². The van der Waals surface area contributed by atoms with Gasteiger partial charge < -0.3 is 10.0 Å². The Bertz CT molecular complexity index is 559. The highest BCUT2D eigenvalue weighted by molar-refractivity contribution is 6.42. The van der Waals surface area contributed by atoms with E-state index in [0.717, 1.165) is 0 Å². The number of rotatable bonds is 3. The van der Waals surface area contributed by atoms with Crippen molar-refractivity contribution >= 4 is 35.1 Å². The SMILES string of the molecule is CC(C)N1C(=O)CC(C(=O)O)C1c1ccc(Cl)c(Cl)c1. The van der Waals surface area contributed by atoms with Crippen LogP contribution in [-0.2, 0) is 9.59 Å². The fourth-order valence-corrected chi connectivity index (χ4v) is 2.98. The van der Waals surface area contributed by atoms with Crippen molar-refractivity contribution in [3.05, 3.63) is 33.8 Å². The molecule has 0 saturated carbocycles. The van der Waals surface area contributed by atoms with E-state index < -0.39 is 17.9 Å². The van der Waals surface area contributed by atoms with Gasteiger partial charge in [-0.2, -0.15) is 0 Å². The summed E-state index contributed by atoms with van der Waals surface area (Å²) in [6, 6.07) is 4.40. The molecule has 2 atom stereocenters. The van der Waals surface area contributed by atoms with E-state index >= 15 is 0 Å². The number of carboxylic acid groups (broad SMARTS) is 1. The summed E-state index contributed by atoms with van der Waals surface area (Å²) in [7, 11) is 0. The average Bonchev–Trinajstić information content (AvgIpc) is 2.70. The highest BCUT2D eigenvalue weighted by Crippen LogP contribution is 2.41. The van der Waals surface area contributed by atoms with Crippen molar-refractivity contribution in [3.8, 4) is 0 Å². The summed E-state index contributed by atoms with van der Waals surface area (Å²) in [5.74, 6) is -1.89. The van der Waals surface area contributed by atoms with E-state index in [-0.39, 0.29) is 18.4 Å². The minimum atomic E-state index is -0.974. The van der Waals surface area contributed by atoms with Crippen LogP contribution < -0.4 is 0 Å². The van der Waals surface area contributed by atoms with Crippen molar-refractivity contribution in [2.45, 2.75) is 32.4 Å². The lowest BCUT2D eigenvalue weighted by molar-refractivity contribution is -0.142. The predicted molar refractivity (Wildman–Crippen MR) is 76.9 cm³/mol. The number of hydrogen-bond donors (Lipinski definition) is 1. The molecule has 2 rings (SSSR count). The number of amides is 1. The fourth-order valence-electron chi connectivity index (χ4n) is 2.67. The first kappa shape index (κ1) is 15.1. The molecule has 0 aromatic heterocycles. The van der Waals surface area contributed by atoms with E-state index in [9.17, 15) is 14.7 Å². The van der Waals surface area contributed by atoms with Crippen molar-refractivity contribution in [2.24, 2.45) is 5.92 Å². The Morgan fingerprint density at radius 1 is 1.35 bits per heavy atom. The summed E-state index contributed by atoms with van der Waals surface area (Å²) >= 11 is 11.9. The van der Waals surface area contributed by atoms with Gasteiger partial charge in [0.25, 0.3) is 0 Å². The van der Waals surface area contributed by atoms with Crippen molar-refractivity contribution in [3.63, 3.8) is 0 Å². The van der Waals surface area contributed by atoms with Gasteiger partial charge in [0.1, 0.15) is 0 Å². The summed E-state index contributed by atoms with van der Waals surface area (Å²) in [5.41, 5.74) is 0.700. The molecule has 1 aromatic rings. The Morgan fingerprint density at radius 2 is 2.00 bits per heavy atom. The second-order valence-corrected chi connectivity index (χ2v) is 5.98. The maximum atomic E-state index is 12.1. The standard InChI is InChI=1S/C14H15Cl2NO3/c1-7(2)17-12(18)6-9(14(19)20)13(17)8-3-4-10(15)11(16)5-8/h3-5,7,9,13H,6H2,1-2H3,(H,19,20). The van der Waals surface area contributed by atoms with Crippen LogP contribution in [0.4, 0.5) is 0 Å². The molecule has 0 radical (unpaired) electrons. The maximum absolute atomic E-state index is 12.1. The lowest BCUT2D eigenvalue weighted by Crippen LogP contribution is -2.36. The first-order chi connectivity index (χ1) is 9.32. The van der Waals surface area contributed by atoms with E-state index in [2.05, 4.69) is 0 Å². The second kappa shape index (κ2) is 5.62. The largest absolute Gasteiger partial charge is 0.481 e. The molecule has 4 nitrogen and oxygen atoms in total. The molecule has 6 heteroatoms. The lowest BCUT2D eigenvalue weighted by Gasteiger charge is -2.30. The molecule has 1 aliphatic rings. The second-order valence-electron chi connectivity index (χ2n) is 5.16. The smallest absolute Gasteiger partial charge is 0.309 e. The van der Waals surface area contributed by atoms with Crippen LogP contribution in [0.15, 0.2) is 18.2 Å². The molecule has 1 heterocycles. The molecule has 0 aliphatic carbocycles. The lowest BCUT2D eigenvalue weighted by atomic mass is 9.93. The van der Waals surface area contributed by atoms with Crippen LogP contribution in [0.1, 0.15) is 31.9 Å². The number of aliphatic carboxylic acids is 1. The third kappa shape index (κ3) is 2.63. The van der Waals surface area contributed by atoms with E-state index in [0.29, 0.717) is 15.6 Å². The molecule has 1 fully saturated rings. The zero-order chi connectivity index (χ0) is 15.0. The molecule has 1 aliphatic heterocycles. The van der Waals surface area contributed by atoms with Gasteiger partial charge in [0.05, 0.1) is 22.0 Å². The number of nitrogens with zero attached hydrogens (tertiary/aromatic N) is 1. The van der Waals surface area contributed by atoms with Crippen LogP contribution in [0.2, 0.25) is 10.0 Å². The van der Waals surface area contributed by atoms with Crippen LogP contribution in [0.3, 0.4) is 0 Å². The van der Waals surface area contributed by atoms with Gasteiger partial charge in [0, 0.05) is 12.5 Å². The van der Waals surface area contributed by atoms with Gasteiger partial charge in [-0.05, 0) is 31.5 Å². The highest BCUT2D eigenvalue weighted by atomic mass is 35.5. The molecule has 20 heavy (non-hydrogen) atoms. The number of hydrogen-bond acceptors (Lipinski definition) is 2. The van der Waals surface area contributed by atoms with Gasteiger partial charge in [-0.1, -0.05) is 29.3 Å². The third-order valence-electron chi connectivity index (χ3n) is 3.52. The fraction of sp³-hybridized carbons (Fsp3) is 0.429. The number of carboxylic acids is 1. The maximum Gasteiger partial charge on any atom is 0.309 e. The number of benzene rings is 1. The monoisotopic (exact) mass is 315 g/mol. The Morgan fingerprint density at radius 3 is 2.50 bits per heavy atom. The van der Waals surface area contributed by atoms with Gasteiger partial charge in [0.2, 0.25) is 5.91 Å². The van der Waals surface area contributed by atoms with Gasteiger partial charge in [0.15, 0.2) is 0 Å². The zero-order valence-electron chi connectivity index (χ0n) is 11.1. The van der Waals surface area contributed by atoms with Crippen LogP contribution in [-0.4, -0.2) is 27.9 Å². The Kier molecular flexibility index (Phi) is 4.25. The molecule has 1 aromatic carbocycles. The number of likely N-dealkylation sites (tertiary alicyclic amines) is 1. The topological polar surface area (TPSA) is 57.6 Å². The minimum absolute atomic E-state index is 0.0123. The van der Waals surface area contributed by atoms with Gasteiger partial charge in [-0.3, -0.25) is 9.59 Å². The van der Waals surface area contributed by atoms with E-state index in [1.54, 1.807) is 23.1 Å². The normalized spacial score (nSPS) is 22.6.